The van der Waals surface area contributed by atoms with Crippen LogP contribution in [0, 0.1) is 0 Å². The molecule has 2 unspecified atom stereocenters. The zero-order chi connectivity index (χ0) is 40.0. The summed E-state index contributed by atoms with van der Waals surface area (Å²) in [7, 11) is 5.39. The van der Waals surface area contributed by atoms with Gasteiger partial charge in [0, 0.05) is 19.3 Å². The van der Waals surface area contributed by atoms with Gasteiger partial charge in [-0.05, 0) is 57.8 Å². The fourth-order valence-electron chi connectivity index (χ4n) is 6.04. The third-order valence-corrected chi connectivity index (χ3v) is 9.49. The lowest BCUT2D eigenvalue weighted by Gasteiger charge is -2.34. The Kier molecular flexibility index (Phi) is 35.4. The van der Waals surface area contributed by atoms with Gasteiger partial charge in [-0.1, -0.05) is 146 Å². The van der Waals surface area contributed by atoms with E-state index in [0.717, 1.165) is 51.4 Å². The fraction of sp³-hybridized carbons (Fsp3) is 0.761. The van der Waals surface area contributed by atoms with Gasteiger partial charge in [0.25, 0.3) is 0 Å². The highest BCUT2D eigenvalue weighted by atomic mass is 16.6. The highest BCUT2D eigenvalue weighted by Gasteiger charge is 2.25. The van der Waals surface area contributed by atoms with Crippen LogP contribution in [0.2, 0.25) is 0 Å². The Balaban J connectivity index is 4.34. The van der Waals surface area contributed by atoms with Crippen molar-refractivity contribution >= 4 is 17.9 Å². The average Bonchev–Trinajstić information content (AvgIpc) is 3.12. The zero-order valence-corrected chi connectivity index (χ0v) is 35.4. The maximum absolute atomic E-state index is 12.7. The lowest BCUT2D eigenvalue weighted by molar-refractivity contribution is -0.889. The minimum atomic E-state index is -1.13. The fourth-order valence-corrected chi connectivity index (χ4v) is 6.04. The number of carbonyl (C=O) groups is 3. The van der Waals surface area contributed by atoms with Crippen LogP contribution in [0.1, 0.15) is 174 Å². The van der Waals surface area contributed by atoms with E-state index in [9.17, 15) is 19.5 Å². The van der Waals surface area contributed by atoms with Gasteiger partial charge in [-0.2, -0.15) is 0 Å². The standard InChI is InChI=1S/C46H81NO7/c1-6-8-10-12-14-16-18-19-20-21-22-23-24-25-27-29-31-33-35-37-45(49)54-42(40-52-39-38-43(46(50)51)47(3,4)5)41-53-44(48)36-34-32-30-28-26-17-15-13-11-9-7-2/h13-19,26,42-43H,6-12,20-25,27-41H2,1-5H3/b15-13+,16-14+,19-18+,26-17+. The molecule has 0 saturated carbocycles. The first-order valence-corrected chi connectivity index (χ1v) is 21.7. The zero-order valence-electron chi connectivity index (χ0n) is 35.4. The lowest BCUT2D eigenvalue weighted by atomic mass is 10.1. The monoisotopic (exact) mass is 760 g/mol. The summed E-state index contributed by atoms with van der Waals surface area (Å²) in [5, 5.41) is 11.6. The van der Waals surface area contributed by atoms with Crippen LogP contribution in [0.5, 0.6) is 0 Å². The molecule has 0 spiro atoms. The number of allylic oxidation sites excluding steroid dienone is 8. The minimum Gasteiger partial charge on any atom is -0.544 e. The highest BCUT2D eigenvalue weighted by Crippen LogP contribution is 2.14. The number of esters is 2. The molecule has 8 heteroatoms. The summed E-state index contributed by atoms with van der Waals surface area (Å²) < 4.78 is 17.1. The lowest BCUT2D eigenvalue weighted by Crippen LogP contribution is -2.55. The summed E-state index contributed by atoms with van der Waals surface area (Å²) in [5.41, 5.74) is 0. The van der Waals surface area contributed by atoms with E-state index in [1.165, 1.54) is 89.9 Å². The number of carboxylic acids is 1. The van der Waals surface area contributed by atoms with E-state index >= 15 is 0 Å². The minimum absolute atomic E-state index is 0.0302. The number of carbonyl (C=O) groups excluding carboxylic acids is 3. The molecule has 0 bridgehead atoms. The van der Waals surface area contributed by atoms with Gasteiger partial charge in [0.15, 0.2) is 6.10 Å². The van der Waals surface area contributed by atoms with Gasteiger partial charge in [-0.15, -0.1) is 0 Å². The number of aliphatic carboxylic acids is 1. The number of quaternary nitrogens is 1. The smallest absolute Gasteiger partial charge is 0.306 e. The van der Waals surface area contributed by atoms with Crippen molar-refractivity contribution in [3.05, 3.63) is 48.6 Å². The van der Waals surface area contributed by atoms with E-state index in [-0.39, 0.29) is 42.7 Å². The van der Waals surface area contributed by atoms with Crippen LogP contribution in [0.3, 0.4) is 0 Å². The molecular formula is C46H81NO7. The van der Waals surface area contributed by atoms with E-state index in [1.54, 1.807) is 21.1 Å². The third-order valence-electron chi connectivity index (χ3n) is 9.49. The Hall–Kier alpha value is -2.71. The van der Waals surface area contributed by atoms with Crippen LogP contribution in [0.25, 0.3) is 0 Å². The molecule has 0 heterocycles. The van der Waals surface area contributed by atoms with Crippen LogP contribution in [-0.4, -0.2) is 75.5 Å². The largest absolute Gasteiger partial charge is 0.544 e. The van der Waals surface area contributed by atoms with Gasteiger partial charge in [0.2, 0.25) is 0 Å². The summed E-state index contributed by atoms with van der Waals surface area (Å²) in [6, 6.07) is -0.730. The Morgan fingerprint density at radius 2 is 0.981 bits per heavy atom. The van der Waals surface area contributed by atoms with Crippen molar-refractivity contribution in [1.82, 2.24) is 0 Å². The predicted molar refractivity (Wildman–Crippen MR) is 222 cm³/mol. The van der Waals surface area contributed by atoms with E-state index in [0.29, 0.717) is 12.8 Å². The third kappa shape index (κ3) is 35.0. The molecule has 0 saturated heterocycles. The first kappa shape index (κ1) is 51.3. The number of carboxylic acid groups (broad SMARTS) is 1. The number of ether oxygens (including phenoxy) is 3. The maximum Gasteiger partial charge on any atom is 0.306 e. The number of nitrogens with zero attached hydrogens (tertiary/aromatic N) is 1. The van der Waals surface area contributed by atoms with Gasteiger partial charge in [-0.25, -0.2) is 0 Å². The summed E-state index contributed by atoms with van der Waals surface area (Å²) in [5.74, 6) is -1.78. The number of hydrogen-bond donors (Lipinski definition) is 0. The molecule has 0 radical (unpaired) electrons. The SMILES string of the molecule is CCCC/C=C/C=C/CCCCCC(=O)OCC(COCCC(C(=O)[O-])[N+](C)(C)C)OC(=O)CCCCCCCCCCCC/C=C/C=C/CCCCC. The number of unbranched alkanes of at least 4 members (excludes halogenated alkanes) is 18. The molecule has 0 amide bonds. The van der Waals surface area contributed by atoms with Crippen molar-refractivity contribution in [2.24, 2.45) is 0 Å². The summed E-state index contributed by atoms with van der Waals surface area (Å²) >= 11 is 0. The first-order chi connectivity index (χ1) is 26.1. The molecule has 0 aliphatic carbocycles. The van der Waals surface area contributed by atoms with Crippen LogP contribution in [0.4, 0.5) is 0 Å². The van der Waals surface area contributed by atoms with Crippen LogP contribution >= 0.6 is 0 Å². The molecule has 0 aromatic rings. The van der Waals surface area contributed by atoms with Crippen molar-refractivity contribution in [2.45, 2.75) is 187 Å². The Morgan fingerprint density at radius 3 is 1.46 bits per heavy atom. The summed E-state index contributed by atoms with van der Waals surface area (Å²) in [6.45, 7) is 4.54. The number of likely N-dealkylation sites (N-methyl/N-ethyl adjacent to an activating group) is 1. The van der Waals surface area contributed by atoms with E-state index in [2.05, 4.69) is 62.5 Å². The van der Waals surface area contributed by atoms with Crippen LogP contribution < -0.4 is 5.11 Å². The van der Waals surface area contributed by atoms with Crippen molar-refractivity contribution < 1.29 is 38.2 Å². The molecule has 0 aliphatic heterocycles. The Labute approximate surface area is 331 Å². The van der Waals surface area contributed by atoms with Gasteiger partial charge in [0.1, 0.15) is 12.6 Å². The molecule has 0 aliphatic rings. The van der Waals surface area contributed by atoms with Gasteiger partial charge in [-0.3, -0.25) is 9.59 Å². The van der Waals surface area contributed by atoms with Crippen LogP contribution in [-0.2, 0) is 28.6 Å². The molecule has 0 N–H and O–H groups in total. The molecule has 0 aromatic heterocycles. The summed E-state index contributed by atoms with van der Waals surface area (Å²) in [6.07, 6.45) is 42.8. The molecule has 0 rings (SSSR count). The summed E-state index contributed by atoms with van der Waals surface area (Å²) in [4.78, 5) is 36.8. The van der Waals surface area contributed by atoms with Crippen molar-refractivity contribution in [3.8, 4) is 0 Å². The maximum atomic E-state index is 12.7. The Bertz CT molecular complexity index is 1030. The first-order valence-electron chi connectivity index (χ1n) is 21.7. The predicted octanol–water partition coefficient (Wildman–Crippen LogP) is 10.3. The van der Waals surface area contributed by atoms with E-state index < -0.39 is 18.1 Å². The quantitative estimate of drug-likeness (QED) is 0.0267. The second kappa shape index (κ2) is 37.2. The van der Waals surface area contributed by atoms with Crippen molar-refractivity contribution in [1.29, 1.82) is 0 Å². The van der Waals surface area contributed by atoms with E-state index in [4.69, 9.17) is 14.2 Å². The van der Waals surface area contributed by atoms with Crippen molar-refractivity contribution in [3.63, 3.8) is 0 Å². The van der Waals surface area contributed by atoms with E-state index in [1.807, 2.05) is 0 Å². The molecular weight excluding hydrogens is 679 g/mol. The number of hydrogen-bond acceptors (Lipinski definition) is 7. The highest BCUT2D eigenvalue weighted by molar-refractivity contribution is 5.70. The molecule has 8 nitrogen and oxygen atoms in total. The topological polar surface area (TPSA) is 102 Å². The normalized spacial score (nSPS) is 13.4. The van der Waals surface area contributed by atoms with Gasteiger partial charge in [0.05, 0.1) is 40.3 Å². The molecule has 54 heavy (non-hydrogen) atoms. The number of rotatable bonds is 38. The van der Waals surface area contributed by atoms with Crippen LogP contribution in [0.15, 0.2) is 48.6 Å². The molecule has 0 fully saturated rings. The second-order valence-electron chi connectivity index (χ2n) is 15.6. The molecule has 312 valence electrons. The Morgan fingerprint density at radius 1 is 0.556 bits per heavy atom. The second-order valence-corrected chi connectivity index (χ2v) is 15.6. The van der Waals surface area contributed by atoms with Gasteiger partial charge >= 0.3 is 11.9 Å². The average molecular weight is 760 g/mol. The van der Waals surface area contributed by atoms with Crippen molar-refractivity contribution in [2.75, 3.05) is 41.0 Å². The molecule has 2 atom stereocenters. The molecule has 0 aromatic carbocycles. The van der Waals surface area contributed by atoms with Gasteiger partial charge < -0.3 is 28.6 Å².